The van der Waals surface area contributed by atoms with E-state index in [1.807, 2.05) is 50.2 Å². The minimum atomic E-state index is -0.178. The highest BCUT2D eigenvalue weighted by Crippen LogP contribution is 2.34. The van der Waals surface area contributed by atoms with E-state index in [1.54, 1.807) is 12.1 Å². The predicted octanol–water partition coefficient (Wildman–Crippen LogP) is 4.58. The molecule has 1 aromatic heterocycles. The van der Waals surface area contributed by atoms with Crippen LogP contribution in [0.5, 0.6) is 0 Å². The van der Waals surface area contributed by atoms with Crippen molar-refractivity contribution < 1.29 is 4.79 Å². The van der Waals surface area contributed by atoms with Crippen molar-refractivity contribution in [3.05, 3.63) is 52.5 Å². The Labute approximate surface area is 143 Å². The number of nitrogens with zero attached hydrogens (tertiary/aromatic N) is 2. The third-order valence-corrected chi connectivity index (χ3v) is 4.99. The summed E-state index contributed by atoms with van der Waals surface area (Å²) in [7, 11) is 3.92. The molecule has 0 aliphatic carbocycles. The van der Waals surface area contributed by atoms with Gasteiger partial charge in [0.1, 0.15) is 0 Å². The predicted molar refractivity (Wildman–Crippen MR) is 98.1 cm³/mol. The van der Waals surface area contributed by atoms with E-state index in [4.69, 9.17) is 11.6 Å². The molecule has 0 aliphatic heterocycles. The highest BCUT2D eigenvalue weighted by molar-refractivity contribution is 7.23. The molecule has 1 heterocycles. The smallest absolute Gasteiger partial charge is 0.257 e. The molecule has 0 spiro atoms. The van der Waals surface area contributed by atoms with Crippen LogP contribution < -0.4 is 10.2 Å². The number of hydrogen-bond acceptors (Lipinski definition) is 4. The maximum absolute atomic E-state index is 12.4. The van der Waals surface area contributed by atoms with E-state index in [1.165, 1.54) is 11.3 Å². The van der Waals surface area contributed by atoms with Crippen LogP contribution >= 0.6 is 22.9 Å². The van der Waals surface area contributed by atoms with Crippen LogP contribution in [0.2, 0.25) is 5.02 Å². The fraction of sp³-hybridized carbons (Fsp3) is 0.176. The Hall–Kier alpha value is -2.11. The van der Waals surface area contributed by atoms with Gasteiger partial charge in [-0.2, -0.15) is 0 Å². The maximum atomic E-state index is 12.4. The van der Waals surface area contributed by atoms with E-state index >= 15 is 0 Å². The Morgan fingerprint density at radius 3 is 2.48 bits per heavy atom. The molecule has 0 saturated carbocycles. The van der Waals surface area contributed by atoms with Crippen molar-refractivity contribution in [2.75, 3.05) is 24.3 Å². The Morgan fingerprint density at radius 2 is 1.87 bits per heavy atom. The molecule has 2 aromatic carbocycles. The highest BCUT2D eigenvalue weighted by Gasteiger charge is 2.13. The van der Waals surface area contributed by atoms with Gasteiger partial charge in [-0.3, -0.25) is 10.1 Å². The van der Waals surface area contributed by atoms with Gasteiger partial charge >= 0.3 is 0 Å². The van der Waals surface area contributed by atoms with Crippen molar-refractivity contribution in [2.45, 2.75) is 6.92 Å². The Morgan fingerprint density at radius 1 is 1.17 bits per heavy atom. The van der Waals surface area contributed by atoms with Gasteiger partial charge in [-0.25, -0.2) is 4.98 Å². The van der Waals surface area contributed by atoms with Gasteiger partial charge in [0.25, 0.3) is 5.91 Å². The van der Waals surface area contributed by atoms with Crippen LogP contribution in [0.15, 0.2) is 36.4 Å². The number of thiazole rings is 1. The van der Waals surface area contributed by atoms with Crippen molar-refractivity contribution >= 4 is 49.9 Å². The standard InChI is InChI=1S/C17H16ClN3OS/c1-10-4-9-13(18)15-14(10)19-17(23-15)20-16(22)11-5-7-12(8-6-11)21(2)3/h4-9H,1-3H3,(H,19,20,22). The SMILES string of the molecule is Cc1ccc(Cl)c2sc(NC(=O)c3ccc(N(C)C)cc3)nc12. The second-order valence-corrected chi connectivity index (χ2v) is 6.86. The lowest BCUT2D eigenvalue weighted by atomic mass is 10.2. The molecule has 6 heteroatoms. The number of halogens is 1. The van der Waals surface area contributed by atoms with E-state index in [2.05, 4.69) is 10.3 Å². The van der Waals surface area contributed by atoms with Crippen LogP contribution in [0.1, 0.15) is 15.9 Å². The Bertz CT molecular complexity index is 832. The Kier molecular flexibility index (Phi) is 4.24. The number of rotatable bonds is 3. The monoisotopic (exact) mass is 345 g/mol. The third kappa shape index (κ3) is 3.16. The lowest BCUT2D eigenvalue weighted by molar-refractivity contribution is 0.102. The number of carbonyl (C=O) groups excluding carboxylic acids is 1. The highest BCUT2D eigenvalue weighted by atomic mass is 35.5. The van der Waals surface area contributed by atoms with Gasteiger partial charge in [0, 0.05) is 25.3 Å². The summed E-state index contributed by atoms with van der Waals surface area (Å²) in [6.07, 6.45) is 0. The number of aryl methyl sites for hydroxylation is 1. The summed E-state index contributed by atoms with van der Waals surface area (Å²) >= 11 is 7.58. The van der Waals surface area contributed by atoms with Crippen LogP contribution in [-0.4, -0.2) is 25.0 Å². The molecule has 0 radical (unpaired) electrons. The number of aromatic nitrogens is 1. The average molecular weight is 346 g/mol. The molecular weight excluding hydrogens is 330 g/mol. The summed E-state index contributed by atoms with van der Waals surface area (Å²) in [5, 5.41) is 4.05. The lowest BCUT2D eigenvalue weighted by Crippen LogP contribution is -2.13. The number of nitrogens with one attached hydrogen (secondary N) is 1. The van der Waals surface area contributed by atoms with Gasteiger partial charge < -0.3 is 4.90 Å². The van der Waals surface area contributed by atoms with Crippen molar-refractivity contribution in [1.82, 2.24) is 4.98 Å². The summed E-state index contributed by atoms with van der Waals surface area (Å²) in [6.45, 7) is 1.98. The summed E-state index contributed by atoms with van der Waals surface area (Å²) < 4.78 is 0.893. The first kappa shape index (κ1) is 15.8. The van der Waals surface area contributed by atoms with E-state index in [0.29, 0.717) is 15.7 Å². The van der Waals surface area contributed by atoms with Crippen LogP contribution in [0.25, 0.3) is 10.2 Å². The van der Waals surface area contributed by atoms with Gasteiger partial charge in [0.05, 0.1) is 15.2 Å². The number of fused-ring (bicyclic) bond motifs is 1. The summed E-state index contributed by atoms with van der Waals surface area (Å²) in [4.78, 5) is 18.8. The first-order valence-electron chi connectivity index (χ1n) is 7.10. The molecule has 0 unspecified atom stereocenters. The van der Waals surface area contributed by atoms with E-state index < -0.39 is 0 Å². The van der Waals surface area contributed by atoms with Crippen LogP contribution in [0.3, 0.4) is 0 Å². The molecule has 1 amide bonds. The van der Waals surface area contributed by atoms with E-state index in [9.17, 15) is 4.79 Å². The third-order valence-electron chi connectivity index (χ3n) is 3.56. The zero-order chi connectivity index (χ0) is 16.6. The maximum Gasteiger partial charge on any atom is 0.257 e. The lowest BCUT2D eigenvalue weighted by Gasteiger charge is -2.12. The largest absolute Gasteiger partial charge is 0.378 e. The van der Waals surface area contributed by atoms with E-state index in [0.717, 1.165) is 21.5 Å². The number of hydrogen-bond donors (Lipinski definition) is 1. The summed E-state index contributed by atoms with van der Waals surface area (Å²) in [5.74, 6) is -0.178. The molecule has 0 atom stereocenters. The number of anilines is 2. The normalized spacial score (nSPS) is 10.8. The second kappa shape index (κ2) is 6.18. The summed E-state index contributed by atoms with van der Waals surface area (Å²) in [6, 6.07) is 11.2. The number of carbonyl (C=O) groups is 1. The zero-order valence-electron chi connectivity index (χ0n) is 13.1. The minimum absolute atomic E-state index is 0.178. The first-order chi connectivity index (χ1) is 11.0. The molecular formula is C17H16ClN3OS. The molecule has 4 nitrogen and oxygen atoms in total. The molecule has 0 aliphatic rings. The quantitative estimate of drug-likeness (QED) is 0.755. The van der Waals surface area contributed by atoms with Crippen molar-refractivity contribution in [1.29, 1.82) is 0 Å². The molecule has 0 bridgehead atoms. The van der Waals surface area contributed by atoms with Crippen LogP contribution in [0, 0.1) is 6.92 Å². The van der Waals surface area contributed by atoms with Gasteiger partial charge in [0.2, 0.25) is 0 Å². The number of benzene rings is 2. The topological polar surface area (TPSA) is 45.2 Å². The Balaban J connectivity index is 1.85. The minimum Gasteiger partial charge on any atom is -0.378 e. The van der Waals surface area contributed by atoms with Gasteiger partial charge in [-0.1, -0.05) is 29.0 Å². The van der Waals surface area contributed by atoms with Gasteiger partial charge in [-0.15, -0.1) is 0 Å². The molecule has 3 aromatic rings. The fourth-order valence-electron chi connectivity index (χ4n) is 2.24. The molecule has 118 valence electrons. The molecule has 0 fully saturated rings. The summed E-state index contributed by atoms with van der Waals surface area (Å²) in [5.41, 5.74) is 3.51. The fourth-order valence-corrected chi connectivity index (χ4v) is 3.45. The van der Waals surface area contributed by atoms with Gasteiger partial charge in [-0.05, 0) is 42.8 Å². The molecule has 0 saturated heterocycles. The van der Waals surface area contributed by atoms with Crippen LogP contribution in [-0.2, 0) is 0 Å². The number of amides is 1. The van der Waals surface area contributed by atoms with Crippen molar-refractivity contribution in [3.63, 3.8) is 0 Å². The van der Waals surface area contributed by atoms with Crippen molar-refractivity contribution in [3.8, 4) is 0 Å². The van der Waals surface area contributed by atoms with E-state index in [-0.39, 0.29) is 5.91 Å². The zero-order valence-corrected chi connectivity index (χ0v) is 14.6. The second-order valence-electron chi connectivity index (χ2n) is 5.46. The first-order valence-corrected chi connectivity index (χ1v) is 8.29. The van der Waals surface area contributed by atoms with Crippen molar-refractivity contribution in [2.24, 2.45) is 0 Å². The molecule has 23 heavy (non-hydrogen) atoms. The van der Waals surface area contributed by atoms with Gasteiger partial charge in [0.15, 0.2) is 5.13 Å². The van der Waals surface area contributed by atoms with Crippen LogP contribution in [0.4, 0.5) is 10.8 Å². The average Bonchev–Trinajstić information content (AvgIpc) is 2.96. The molecule has 3 rings (SSSR count). The molecule has 1 N–H and O–H groups in total.